The molecular formula is C14H21Cl2F3N2O2. The Labute approximate surface area is 145 Å². The number of alkyl halides is 3. The molecule has 1 saturated heterocycles. The summed E-state index contributed by atoms with van der Waals surface area (Å²) in [6.07, 6.45) is -5.17. The molecule has 0 saturated carbocycles. The third-order valence-electron chi connectivity index (χ3n) is 3.61. The van der Waals surface area contributed by atoms with Gasteiger partial charge in [-0.15, -0.1) is 24.8 Å². The first-order chi connectivity index (χ1) is 9.90. The number of nitrogens with one attached hydrogen (secondary N) is 1. The predicted octanol–water partition coefficient (Wildman–Crippen LogP) is 3.14. The van der Waals surface area contributed by atoms with Crippen LogP contribution in [-0.2, 0) is 0 Å². The number of ether oxygens (including phenoxy) is 1. The van der Waals surface area contributed by atoms with Crippen molar-refractivity contribution in [3.63, 3.8) is 0 Å². The molecule has 1 heterocycles. The first-order valence-corrected chi connectivity index (χ1v) is 6.79. The molecule has 0 amide bonds. The number of piperazine rings is 1. The van der Waals surface area contributed by atoms with Gasteiger partial charge in [0, 0.05) is 32.2 Å². The zero-order chi connectivity index (χ0) is 15.5. The molecule has 0 bridgehead atoms. The third-order valence-corrected chi connectivity index (χ3v) is 3.61. The number of rotatable bonds is 4. The van der Waals surface area contributed by atoms with Crippen LogP contribution in [0.5, 0.6) is 11.5 Å². The number of hydrogen-bond acceptors (Lipinski definition) is 4. The minimum Gasteiger partial charge on any atom is -0.504 e. The minimum atomic E-state index is -4.25. The molecule has 1 aromatic carbocycles. The van der Waals surface area contributed by atoms with Crippen LogP contribution in [0, 0.1) is 0 Å². The van der Waals surface area contributed by atoms with Crippen molar-refractivity contribution >= 4 is 24.8 Å². The second kappa shape index (κ2) is 9.42. The van der Waals surface area contributed by atoms with Crippen molar-refractivity contribution in [1.29, 1.82) is 0 Å². The molecule has 0 aliphatic carbocycles. The van der Waals surface area contributed by atoms with E-state index in [9.17, 15) is 18.3 Å². The van der Waals surface area contributed by atoms with Crippen LogP contribution in [0.1, 0.15) is 18.0 Å². The van der Waals surface area contributed by atoms with Crippen molar-refractivity contribution in [2.75, 3.05) is 33.3 Å². The van der Waals surface area contributed by atoms with Crippen LogP contribution in [0.3, 0.4) is 0 Å². The Morgan fingerprint density at radius 3 is 2.39 bits per heavy atom. The molecule has 1 aliphatic rings. The molecule has 1 atom stereocenters. The van der Waals surface area contributed by atoms with Crippen LogP contribution in [0.2, 0.25) is 0 Å². The Morgan fingerprint density at radius 1 is 1.26 bits per heavy atom. The van der Waals surface area contributed by atoms with E-state index < -0.39 is 18.6 Å². The first kappa shape index (κ1) is 22.1. The number of aromatic hydroxyl groups is 1. The van der Waals surface area contributed by atoms with E-state index in [4.69, 9.17) is 4.74 Å². The van der Waals surface area contributed by atoms with Crippen molar-refractivity contribution in [2.45, 2.75) is 18.6 Å². The number of nitrogens with zero attached hydrogens (tertiary/aromatic N) is 1. The lowest BCUT2D eigenvalue weighted by atomic mass is 10.00. The van der Waals surface area contributed by atoms with E-state index in [0.717, 1.165) is 0 Å². The van der Waals surface area contributed by atoms with Gasteiger partial charge in [-0.05, 0) is 17.7 Å². The molecule has 1 aromatic rings. The molecular weight excluding hydrogens is 356 g/mol. The van der Waals surface area contributed by atoms with Crippen molar-refractivity contribution < 1.29 is 23.0 Å². The Bertz CT molecular complexity index is 484. The molecule has 134 valence electrons. The van der Waals surface area contributed by atoms with E-state index in [1.807, 2.05) is 4.90 Å². The standard InChI is InChI=1S/C14H19F3N2O2.2ClH/c1-21-13-8-10(2-3-12(13)20)11(9-14(15,16)17)19-6-4-18-5-7-19;;/h2-3,8,11,18,20H,4-7,9H2,1H3;2*1H/t11-;;/m0../s1. The second-order valence-corrected chi connectivity index (χ2v) is 5.05. The smallest absolute Gasteiger partial charge is 0.390 e. The fourth-order valence-corrected chi connectivity index (χ4v) is 2.57. The van der Waals surface area contributed by atoms with Crippen molar-refractivity contribution in [2.24, 2.45) is 0 Å². The number of hydrogen-bond donors (Lipinski definition) is 2. The van der Waals surface area contributed by atoms with Crippen molar-refractivity contribution in [3.8, 4) is 11.5 Å². The van der Waals surface area contributed by atoms with E-state index in [2.05, 4.69) is 5.32 Å². The largest absolute Gasteiger partial charge is 0.504 e. The lowest BCUT2D eigenvalue weighted by Crippen LogP contribution is -2.46. The Balaban J connectivity index is 0.00000242. The van der Waals surface area contributed by atoms with Gasteiger partial charge in [-0.1, -0.05) is 6.07 Å². The maximum absolute atomic E-state index is 12.9. The van der Waals surface area contributed by atoms with Crippen LogP contribution >= 0.6 is 24.8 Å². The van der Waals surface area contributed by atoms with Gasteiger partial charge in [0.1, 0.15) is 0 Å². The summed E-state index contributed by atoms with van der Waals surface area (Å²) in [7, 11) is 1.38. The van der Waals surface area contributed by atoms with E-state index in [0.29, 0.717) is 31.7 Å². The van der Waals surface area contributed by atoms with Gasteiger partial charge in [0.25, 0.3) is 0 Å². The van der Waals surface area contributed by atoms with Gasteiger partial charge in [-0.25, -0.2) is 0 Å². The Morgan fingerprint density at radius 2 is 1.87 bits per heavy atom. The lowest BCUT2D eigenvalue weighted by molar-refractivity contribution is -0.148. The van der Waals surface area contributed by atoms with Crippen LogP contribution in [-0.4, -0.2) is 49.5 Å². The van der Waals surface area contributed by atoms with Gasteiger partial charge in [0.15, 0.2) is 11.5 Å². The zero-order valence-corrected chi connectivity index (χ0v) is 14.2. The summed E-state index contributed by atoms with van der Waals surface area (Å²) in [5.41, 5.74) is 0.504. The van der Waals surface area contributed by atoms with Crippen LogP contribution < -0.4 is 10.1 Å². The number of halogens is 5. The fraction of sp³-hybridized carbons (Fsp3) is 0.571. The summed E-state index contributed by atoms with van der Waals surface area (Å²) in [5.74, 6) is 0.113. The number of benzene rings is 1. The minimum absolute atomic E-state index is 0. The molecule has 0 unspecified atom stereocenters. The van der Waals surface area contributed by atoms with E-state index >= 15 is 0 Å². The molecule has 4 nitrogen and oxygen atoms in total. The highest BCUT2D eigenvalue weighted by Crippen LogP contribution is 2.37. The maximum atomic E-state index is 12.9. The van der Waals surface area contributed by atoms with Gasteiger partial charge < -0.3 is 15.2 Å². The molecule has 23 heavy (non-hydrogen) atoms. The summed E-state index contributed by atoms with van der Waals surface area (Å²) in [4.78, 5) is 1.82. The van der Waals surface area contributed by atoms with Gasteiger partial charge in [-0.2, -0.15) is 13.2 Å². The third kappa shape index (κ3) is 6.25. The van der Waals surface area contributed by atoms with Crippen molar-refractivity contribution in [3.05, 3.63) is 23.8 Å². The molecule has 2 rings (SSSR count). The molecule has 1 aliphatic heterocycles. The van der Waals surface area contributed by atoms with Gasteiger partial charge in [0.05, 0.1) is 13.5 Å². The summed E-state index contributed by atoms with van der Waals surface area (Å²) in [6, 6.07) is 3.62. The summed E-state index contributed by atoms with van der Waals surface area (Å²) in [5, 5.41) is 12.7. The average Bonchev–Trinajstić information content (AvgIpc) is 2.45. The van der Waals surface area contributed by atoms with Gasteiger partial charge in [0.2, 0.25) is 0 Å². The normalized spacial score (nSPS) is 16.9. The summed E-state index contributed by atoms with van der Waals surface area (Å²) in [6.45, 7) is 2.46. The Hall–Kier alpha value is -0.890. The molecule has 2 N–H and O–H groups in total. The fourth-order valence-electron chi connectivity index (χ4n) is 2.57. The highest BCUT2D eigenvalue weighted by Gasteiger charge is 2.36. The maximum Gasteiger partial charge on any atom is 0.390 e. The summed E-state index contributed by atoms with van der Waals surface area (Å²) >= 11 is 0. The lowest BCUT2D eigenvalue weighted by Gasteiger charge is -2.35. The van der Waals surface area contributed by atoms with Gasteiger partial charge in [-0.3, -0.25) is 4.90 Å². The van der Waals surface area contributed by atoms with E-state index in [1.165, 1.54) is 25.3 Å². The number of phenols is 1. The quantitative estimate of drug-likeness (QED) is 0.847. The van der Waals surface area contributed by atoms with Crippen LogP contribution in [0.25, 0.3) is 0 Å². The Kier molecular flexibility index (Phi) is 9.05. The van der Waals surface area contributed by atoms with Crippen LogP contribution in [0.4, 0.5) is 13.2 Å². The summed E-state index contributed by atoms with van der Waals surface area (Å²) < 4.78 is 43.6. The van der Waals surface area contributed by atoms with E-state index in [1.54, 1.807) is 0 Å². The van der Waals surface area contributed by atoms with Crippen LogP contribution in [0.15, 0.2) is 18.2 Å². The van der Waals surface area contributed by atoms with Crippen molar-refractivity contribution in [1.82, 2.24) is 10.2 Å². The number of methoxy groups -OCH3 is 1. The highest BCUT2D eigenvalue weighted by molar-refractivity contribution is 5.85. The molecule has 0 radical (unpaired) electrons. The first-order valence-electron chi connectivity index (χ1n) is 6.79. The van der Waals surface area contributed by atoms with E-state index in [-0.39, 0.29) is 36.3 Å². The zero-order valence-electron chi connectivity index (χ0n) is 12.6. The molecule has 0 spiro atoms. The number of phenolic OH excluding ortho intramolecular Hbond substituents is 1. The monoisotopic (exact) mass is 376 g/mol. The SMILES string of the molecule is COc1cc([C@H](CC(F)(F)F)N2CCNCC2)ccc1O.Cl.Cl. The molecule has 1 fully saturated rings. The topological polar surface area (TPSA) is 44.7 Å². The highest BCUT2D eigenvalue weighted by atomic mass is 35.5. The van der Waals surface area contributed by atoms with Gasteiger partial charge >= 0.3 is 6.18 Å². The predicted molar refractivity (Wildman–Crippen MR) is 87.0 cm³/mol. The molecule has 0 aromatic heterocycles. The second-order valence-electron chi connectivity index (χ2n) is 5.05. The molecule has 9 heteroatoms. The average molecular weight is 377 g/mol.